The standard InChI is InChI=1S/C14H24N2O3S/c1-3-16(2)11-10-15-20(18,19)14-8-6-13(7-9-14)5-4-12-17/h6-9,15,17H,3-5,10-12H2,1-2H3. The Kier molecular flexibility index (Phi) is 7.15. The van der Waals surface area contributed by atoms with Gasteiger partial charge in [-0.2, -0.15) is 0 Å². The lowest BCUT2D eigenvalue weighted by atomic mass is 10.1. The van der Waals surface area contributed by atoms with Crippen LogP contribution in [-0.4, -0.2) is 51.7 Å². The molecule has 2 N–H and O–H groups in total. The van der Waals surface area contributed by atoms with Gasteiger partial charge in [-0.1, -0.05) is 19.1 Å². The van der Waals surface area contributed by atoms with Crippen molar-refractivity contribution in [3.05, 3.63) is 29.8 Å². The monoisotopic (exact) mass is 300 g/mol. The third-order valence-electron chi connectivity index (χ3n) is 3.18. The van der Waals surface area contributed by atoms with Crippen LogP contribution in [0.15, 0.2) is 29.2 Å². The highest BCUT2D eigenvalue weighted by molar-refractivity contribution is 7.89. The van der Waals surface area contributed by atoms with E-state index >= 15 is 0 Å². The number of benzene rings is 1. The van der Waals surface area contributed by atoms with Crippen molar-refractivity contribution in [2.45, 2.75) is 24.7 Å². The molecule has 1 aromatic carbocycles. The molecule has 0 spiro atoms. The zero-order valence-electron chi connectivity index (χ0n) is 12.2. The number of aliphatic hydroxyl groups excluding tert-OH is 1. The second-order valence-corrected chi connectivity index (χ2v) is 6.53. The molecule has 0 saturated carbocycles. The van der Waals surface area contributed by atoms with Gasteiger partial charge in [0.05, 0.1) is 4.90 Å². The molecule has 0 atom stereocenters. The highest BCUT2D eigenvalue weighted by atomic mass is 32.2. The summed E-state index contributed by atoms with van der Waals surface area (Å²) in [6.07, 6.45) is 1.44. The van der Waals surface area contributed by atoms with Crippen LogP contribution < -0.4 is 4.72 Å². The zero-order chi connectivity index (χ0) is 15.0. The van der Waals surface area contributed by atoms with Crippen LogP contribution in [0.2, 0.25) is 0 Å². The number of nitrogens with one attached hydrogen (secondary N) is 1. The molecule has 1 aromatic rings. The van der Waals surface area contributed by atoms with Crippen molar-refractivity contribution in [1.29, 1.82) is 0 Å². The predicted molar refractivity (Wildman–Crippen MR) is 80.2 cm³/mol. The third kappa shape index (κ3) is 5.58. The van der Waals surface area contributed by atoms with E-state index in [9.17, 15) is 8.42 Å². The fourth-order valence-electron chi connectivity index (χ4n) is 1.73. The van der Waals surface area contributed by atoms with Crippen LogP contribution in [0, 0.1) is 0 Å². The lowest BCUT2D eigenvalue weighted by molar-refractivity contribution is 0.288. The van der Waals surface area contributed by atoms with Crippen LogP contribution in [0.5, 0.6) is 0 Å². The SMILES string of the molecule is CCN(C)CCNS(=O)(=O)c1ccc(CCCO)cc1. The second kappa shape index (κ2) is 8.36. The van der Waals surface area contributed by atoms with Crippen LogP contribution in [-0.2, 0) is 16.4 Å². The maximum absolute atomic E-state index is 12.1. The molecule has 0 unspecified atom stereocenters. The first kappa shape index (κ1) is 17.1. The third-order valence-corrected chi connectivity index (χ3v) is 4.66. The van der Waals surface area contributed by atoms with Gasteiger partial charge in [0.1, 0.15) is 0 Å². The van der Waals surface area contributed by atoms with Gasteiger partial charge in [-0.3, -0.25) is 0 Å². The van der Waals surface area contributed by atoms with Crippen LogP contribution in [0.1, 0.15) is 18.9 Å². The fraction of sp³-hybridized carbons (Fsp3) is 0.571. The number of aryl methyl sites for hydroxylation is 1. The van der Waals surface area contributed by atoms with Crippen LogP contribution in [0.25, 0.3) is 0 Å². The number of hydrogen-bond acceptors (Lipinski definition) is 4. The van der Waals surface area contributed by atoms with Gasteiger partial charge in [-0.05, 0) is 44.1 Å². The van der Waals surface area contributed by atoms with E-state index in [1.165, 1.54) is 0 Å². The normalized spacial score (nSPS) is 12.0. The van der Waals surface area contributed by atoms with Gasteiger partial charge >= 0.3 is 0 Å². The molecule has 0 amide bonds. The molecule has 0 saturated heterocycles. The summed E-state index contributed by atoms with van der Waals surface area (Å²) in [5, 5.41) is 8.76. The van der Waals surface area contributed by atoms with E-state index in [1.807, 2.05) is 18.9 Å². The summed E-state index contributed by atoms with van der Waals surface area (Å²) >= 11 is 0. The van der Waals surface area contributed by atoms with Crippen molar-refractivity contribution in [3.63, 3.8) is 0 Å². The van der Waals surface area contributed by atoms with E-state index in [2.05, 4.69) is 4.72 Å². The Morgan fingerprint density at radius 3 is 2.45 bits per heavy atom. The van der Waals surface area contributed by atoms with Crippen molar-refractivity contribution in [3.8, 4) is 0 Å². The summed E-state index contributed by atoms with van der Waals surface area (Å²) < 4.78 is 26.7. The molecule has 0 aromatic heterocycles. The molecule has 0 radical (unpaired) electrons. The Labute approximate surface area is 121 Å². The smallest absolute Gasteiger partial charge is 0.240 e. The fourth-order valence-corrected chi connectivity index (χ4v) is 2.75. The van der Waals surface area contributed by atoms with Crippen LogP contribution in [0.3, 0.4) is 0 Å². The van der Waals surface area contributed by atoms with Crippen molar-refractivity contribution in [2.75, 3.05) is 33.3 Å². The molecule has 6 heteroatoms. The summed E-state index contributed by atoms with van der Waals surface area (Å²) in [7, 11) is -1.48. The number of likely N-dealkylation sites (N-methyl/N-ethyl adjacent to an activating group) is 1. The molecule has 0 bridgehead atoms. The van der Waals surface area contributed by atoms with Gasteiger partial charge in [-0.25, -0.2) is 13.1 Å². The van der Waals surface area contributed by atoms with Crippen molar-refractivity contribution < 1.29 is 13.5 Å². The topological polar surface area (TPSA) is 69.6 Å². The molecule has 0 aliphatic carbocycles. The zero-order valence-corrected chi connectivity index (χ0v) is 13.0. The average Bonchev–Trinajstić information content (AvgIpc) is 2.45. The molecular formula is C14H24N2O3S. The molecule has 0 fully saturated rings. The van der Waals surface area contributed by atoms with Crippen molar-refractivity contribution in [2.24, 2.45) is 0 Å². The van der Waals surface area contributed by atoms with Crippen molar-refractivity contribution >= 4 is 10.0 Å². The second-order valence-electron chi connectivity index (χ2n) is 4.76. The Morgan fingerprint density at radius 2 is 1.90 bits per heavy atom. The summed E-state index contributed by atoms with van der Waals surface area (Å²) in [5.41, 5.74) is 1.03. The summed E-state index contributed by atoms with van der Waals surface area (Å²) in [5.74, 6) is 0. The van der Waals surface area contributed by atoms with Gasteiger partial charge in [-0.15, -0.1) is 0 Å². The van der Waals surface area contributed by atoms with Crippen LogP contribution >= 0.6 is 0 Å². The maximum atomic E-state index is 12.1. The van der Waals surface area contributed by atoms with Gasteiger partial charge in [0.15, 0.2) is 0 Å². The molecule has 114 valence electrons. The van der Waals surface area contributed by atoms with E-state index in [4.69, 9.17) is 5.11 Å². The maximum Gasteiger partial charge on any atom is 0.240 e. The van der Waals surface area contributed by atoms with Crippen LogP contribution in [0.4, 0.5) is 0 Å². The van der Waals surface area contributed by atoms with Gasteiger partial charge < -0.3 is 10.0 Å². The lowest BCUT2D eigenvalue weighted by Gasteiger charge is -2.14. The lowest BCUT2D eigenvalue weighted by Crippen LogP contribution is -2.32. The highest BCUT2D eigenvalue weighted by Crippen LogP contribution is 2.11. The minimum absolute atomic E-state index is 0.145. The van der Waals surface area contributed by atoms with E-state index in [1.54, 1.807) is 24.3 Å². The summed E-state index contributed by atoms with van der Waals surface area (Å²) in [6, 6.07) is 6.81. The first-order chi connectivity index (χ1) is 9.49. The largest absolute Gasteiger partial charge is 0.396 e. The molecule has 20 heavy (non-hydrogen) atoms. The predicted octanol–water partition coefficient (Wildman–Crippen LogP) is 0.841. The number of nitrogens with zero attached hydrogens (tertiary/aromatic N) is 1. The van der Waals surface area contributed by atoms with Gasteiger partial charge in [0.25, 0.3) is 0 Å². The molecule has 1 rings (SSSR count). The van der Waals surface area contributed by atoms with E-state index in [0.29, 0.717) is 19.5 Å². The number of hydrogen-bond donors (Lipinski definition) is 2. The number of aliphatic hydroxyl groups is 1. The van der Waals surface area contributed by atoms with E-state index in [-0.39, 0.29) is 11.5 Å². The molecule has 5 nitrogen and oxygen atoms in total. The van der Waals surface area contributed by atoms with E-state index in [0.717, 1.165) is 18.5 Å². The molecule has 0 aliphatic rings. The first-order valence-electron chi connectivity index (χ1n) is 6.87. The average molecular weight is 300 g/mol. The Balaban J connectivity index is 2.58. The Hall–Kier alpha value is -0.950. The minimum Gasteiger partial charge on any atom is -0.396 e. The molecule has 0 aliphatic heterocycles. The summed E-state index contributed by atoms with van der Waals surface area (Å²) in [6.45, 7) is 4.15. The van der Waals surface area contributed by atoms with E-state index < -0.39 is 10.0 Å². The van der Waals surface area contributed by atoms with Gasteiger partial charge in [0.2, 0.25) is 10.0 Å². The quantitative estimate of drug-likeness (QED) is 0.709. The van der Waals surface area contributed by atoms with Crippen molar-refractivity contribution in [1.82, 2.24) is 9.62 Å². The minimum atomic E-state index is -3.43. The Morgan fingerprint density at radius 1 is 1.25 bits per heavy atom. The number of rotatable bonds is 9. The summed E-state index contributed by atoms with van der Waals surface area (Å²) in [4.78, 5) is 2.32. The molecular weight excluding hydrogens is 276 g/mol. The highest BCUT2D eigenvalue weighted by Gasteiger charge is 2.13. The Bertz CT molecular complexity index is 486. The molecule has 0 heterocycles. The van der Waals surface area contributed by atoms with Gasteiger partial charge in [0, 0.05) is 19.7 Å². The first-order valence-corrected chi connectivity index (χ1v) is 8.36. The number of sulfonamides is 1.